The lowest BCUT2D eigenvalue weighted by atomic mass is 10.3. The molecule has 20 heavy (non-hydrogen) atoms. The summed E-state index contributed by atoms with van der Waals surface area (Å²) in [7, 11) is 1.24. The molecule has 2 aromatic rings. The first kappa shape index (κ1) is 14.3. The molecule has 1 heterocycles. The van der Waals surface area contributed by atoms with Gasteiger partial charge in [-0.2, -0.15) is 0 Å². The first-order valence-corrected chi connectivity index (χ1v) is 6.33. The number of esters is 1. The van der Waals surface area contributed by atoms with Crippen molar-refractivity contribution in [2.24, 2.45) is 0 Å². The highest BCUT2D eigenvalue weighted by Crippen LogP contribution is 2.19. The van der Waals surface area contributed by atoms with E-state index < -0.39 is 17.3 Å². The molecule has 104 valence electrons. The van der Waals surface area contributed by atoms with Gasteiger partial charge in [0.15, 0.2) is 0 Å². The maximum atomic E-state index is 13.7. The zero-order chi connectivity index (χ0) is 14.7. The fourth-order valence-electron chi connectivity index (χ4n) is 1.52. The summed E-state index contributed by atoms with van der Waals surface area (Å²) in [5, 5.41) is 0. The molecule has 0 aliphatic heterocycles. The van der Waals surface area contributed by atoms with Crippen molar-refractivity contribution < 1.29 is 13.9 Å². The largest absolute Gasteiger partial charge is 0.465 e. The summed E-state index contributed by atoms with van der Waals surface area (Å²) < 4.78 is 19.8. The Morgan fingerprint density at radius 2 is 2.10 bits per heavy atom. The molecule has 0 radical (unpaired) electrons. The van der Waals surface area contributed by atoms with E-state index in [0.717, 1.165) is 4.68 Å². The maximum absolute atomic E-state index is 13.7. The van der Waals surface area contributed by atoms with Gasteiger partial charge in [-0.15, -0.1) is 0 Å². The van der Waals surface area contributed by atoms with E-state index in [9.17, 15) is 14.0 Å². The molecule has 1 aromatic heterocycles. The minimum Gasteiger partial charge on any atom is -0.465 e. The van der Waals surface area contributed by atoms with E-state index in [1.807, 2.05) is 0 Å². The van der Waals surface area contributed by atoms with Crippen LogP contribution in [-0.2, 0) is 4.74 Å². The van der Waals surface area contributed by atoms with E-state index in [-0.39, 0.29) is 11.3 Å². The van der Waals surface area contributed by atoms with E-state index in [2.05, 4.69) is 26.1 Å². The van der Waals surface area contributed by atoms with Crippen LogP contribution in [0.3, 0.4) is 0 Å². The van der Waals surface area contributed by atoms with Crippen LogP contribution in [0.2, 0.25) is 0 Å². The molecule has 0 atom stereocenters. The molecule has 0 aliphatic rings. The van der Waals surface area contributed by atoms with Crippen LogP contribution in [0, 0.1) is 5.82 Å². The molecule has 0 amide bonds. The van der Waals surface area contributed by atoms with Gasteiger partial charge in [0.25, 0.3) is 5.56 Å². The van der Waals surface area contributed by atoms with Crippen LogP contribution in [0.25, 0.3) is 0 Å². The smallest absolute Gasteiger partial charge is 0.339 e. The summed E-state index contributed by atoms with van der Waals surface area (Å²) in [6, 6.07) is 6.88. The Morgan fingerprint density at radius 3 is 2.75 bits per heavy atom. The standard InChI is InChI=1S/C13H10BrFN2O3/c1-20-13(19)8-2-5-12(18)17(7-8)16-11-4-3-9(14)6-10(11)15/h2-7,16H,1H3. The molecule has 0 saturated carbocycles. The normalized spacial score (nSPS) is 10.2. The molecule has 0 spiro atoms. The van der Waals surface area contributed by atoms with E-state index in [1.54, 1.807) is 6.07 Å². The van der Waals surface area contributed by atoms with Gasteiger partial charge in [-0.1, -0.05) is 15.9 Å². The average Bonchev–Trinajstić information content (AvgIpc) is 2.43. The third kappa shape index (κ3) is 3.05. The molecule has 1 N–H and O–H groups in total. The third-order valence-electron chi connectivity index (χ3n) is 2.50. The number of ether oxygens (including phenoxy) is 1. The number of hydrogen-bond donors (Lipinski definition) is 1. The highest BCUT2D eigenvalue weighted by Gasteiger charge is 2.09. The van der Waals surface area contributed by atoms with Crippen molar-refractivity contribution in [3.8, 4) is 0 Å². The van der Waals surface area contributed by atoms with E-state index >= 15 is 0 Å². The minimum atomic E-state index is -0.586. The van der Waals surface area contributed by atoms with Gasteiger partial charge in [-0.05, 0) is 24.3 Å². The Bertz CT molecular complexity index is 715. The number of carbonyl (C=O) groups excluding carboxylic acids is 1. The van der Waals surface area contributed by atoms with Crippen molar-refractivity contribution in [1.82, 2.24) is 4.68 Å². The first-order valence-electron chi connectivity index (χ1n) is 5.54. The monoisotopic (exact) mass is 340 g/mol. The topological polar surface area (TPSA) is 60.3 Å². The first-order chi connectivity index (χ1) is 9.51. The number of halogens is 2. The zero-order valence-electron chi connectivity index (χ0n) is 10.4. The van der Waals surface area contributed by atoms with Gasteiger partial charge in [0, 0.05) is 16.7 Å². The third-order valence-corrected chi connectivity index (χ3v) is 3.00. The molecule has 5 nitrogen and oxygen atoms in total. The van der Waals surface area contributed by atoms with Crippen molar-refractivity contribution in [2.45, 2.75) is 0 Å². The average molecular weight is 341 g/mol. The second-order valence-electron chi connectivity index (χ2n) is 3.85. The number of rotatable bonds is 3. The van der Waals surface area contributed by atoms with Crippen molar-refractivity contribution in [3.63, 3.8) is 0 Å². The van der Waals surface area contributed by atoms with Crippen LogP contribution in [0.15, 0.2) is 45.8 Å². The Kier molecular flexibility index (Phi) is 4.19. The molecular weight excluding hydrogens is 331 g/mol. The van der Waals surface area contributed by atoms with Crippen LogP contribution in [0.1, 0.15) is 10.4 Å². The number of nitrogens with one attached hydrogen (secondary N) is 1. The van der Waals surface area contributed by atoms with Crippen LogP contribution in [-0.4, -0.2) is 17.8 Å². The van der Waals surface area contributed by atoms with Gasteiger partial charge in [-0.25, -0.2) is 13.9 Å². The van der Waals surface area contributed by atoms with Crippen LogP contribution < -0.4 is 11.0 Å². The van der Waals surface area contributed by atoms with Crippen LogP contribution >= 0.6 is 15.9 Å². The lowest BCUT2D eigenvalue weighted by Crippen LogP contribution is -2.26. The Hall–Kier alpha value is -2.15. The molecule has 0 unspecified atom stereocenters. The fraction of sp³-hybridized carbons (Fsp3) is 0.0769. The van der Waals surface area contributed by atoms with Gasteiger partial charge >= 0.3 is 5.97 Å². The molecule has 2 rings (SSSR count). The van der Waals surface area contributed by atoms with E-state index in [0.29, 0.717) is 4.47 Å². The molecule has 0 aliphatic carbocycles. The molecule has 0 saturated heterocycles. The summed E-state index contributed by atoms with van der Waals surface area (Å²) in [4.78, 5) is 23.1. The molecule has 0 fully saturated rings. The van der Waals surface area contributed by atoms with Gasteiger partial charge in [0.05, 0.1) is 18.4 Å². The number of anilines is 1. The summed E-state index contributed by atoms with van der Waals surface area (Å²) in [5.41, 5.74) is 2.44. The van der Waals surface area contributed by atoms with Gasteiger partial charge in [-0.3, -0.25) is 10.2 Å². The summed E-state index contributed by atoms with van der Waals surface area (Å²) >= 11 is 3.14. The Labute approximate surface area is 122 Å². The molecule has 7 heteroatoms. The number of carbonyl (C=O) groups is 1. The van der Waals surface area contributed by atoms with Crippen LogP contribution in [0.5, 0.6) is 0 Å². The second-order valence-corrected chi connectivity index (χ2v) is 4.77. The van der Waals surface area contributed by atoms with Crippen molar-refractivity contribution >= 4 is 27.6 Å². The Morgan fingerprint density at radius 1 is 1.35 bits per heavy atom. The van der Waals surface area contributed by atoms with Crippen molar-refractivity contribution in [2.75, 3.05) is 12.5 Å². The number of nitrogens with zero attached hydrogens (tertiary/aromatic N) is 1. The van der Waals surface area contributed by atoms with Gasteiger partial charge in [0.1, 0.15) is 5.82 Å². The highest BCUT2D eigenvalue weighted by atomic mass is 79.9. The van der Waals surface area contributed by atoms with Crippen molar-refractivity contribution in [3.05, 3.63) is 62.7 Å². The predicted molar refractivity (Wildman–Crippen MR) is 75.2 cm³/mol. The maximum Gasteiger partial charge on any atom is 0.339 e. The number of benzene rings is 1. The predicted octanol–water partition coefficient (Wildman–Crippen LogP) is 2.41. The van der Waals surface area contributed by atoms with Gasteiger partial charge in [0.2, 0.25) is 0 Å². The van der Waals surface area contributed by atoms with E-state index in [1.165, 1.54) is 37.6 Å². The SMILES string of the molecule is COC(=O)c1ccc(=O)n(Nc2ccc(Br)cc2F)c1. The number of hydrogen-bond acceptors (Lipinski definition) is 4. The summed E-state index contributed by atoms with van der Waals surface area (Å²) in [6.07, 6.45) is 1.25. The summed E-state index contributed by atoms with van der Waals surface area (Å²) in [5.74, 6) is -1.12. The number of methoxy groups -OCH3 is 1. The number of pyridine rings is 1. The lowest BCUT2D eigenvalue weighted by molar-refractivity contribution is 0.0600. The summed E-state index contributed by atoms with van der Waals surface area (Å²) in [6.45, 7) is 0. The van der Waals surface area contributed by atoms with E-state index in [4.69, 9.17) is 0 Å². The number of aromatic nitrogens is 1. The van der Waals surface area contributed by atoms with Gasteiger partial charge < -0.3 is 4.74 Å². The highest BCUT2D eigenvalue weighted by molar-refractivity contribution is 9.10. The lowest BCUT2D eigenvalue weighted by Gasteiger charge is -2.11. The zero-order valence-corrected chi connectivity index (χ0v) is 12.0. The quantitative estimate of drug-likeness (QED) is 0.871. The Balaban J connectivity index is 2.37. The fourth-order valence-corrected chi connectivity index (χ4v) is 1.86. The molecular formula is C13H10BrFN2O3. The molecule has 0 bridgehead atoms. The minimum absolute atomic E-state index is 0.109. The van der Waals surface area contributed by atoms with Crippen molar-refractivity contribution in [1.29, 1.82) is 0 Å². The second kappa shape index (κ2) is 5.87. The molecule has 1 aromatic carbocycles. The van der Waals surface area contributed by atoms with Crippen LogP contribution in [0.4, 0.5) is 10.1 Å².